The summed E-state index contributed by atoms with van der Waals surface area (Å²) < 4.78 is 43.7. The second-order valence-corrected chi connectivity index (χ2v) is 9.09. The molecular weight excluding hydrogens is 373 g/mol. The van der Waals surface area contributed by atoms with Gasteiger partial charge in [-0.1, -0.05) is 56.9 Å². The minimum Gasteiger partial charge on any atom is -0.432 e. The Hall–Kier alpha value is -1.71. The van der Waals surface area contributed by atoms with Gasteiger partial charge in [0.1, 0.15) is 0 Å². The zero-order valence-corrected chi connectivity index (χ0v) is 17.2. The van der Waals surface area contributed by atoms with Crippen LogP contribution in [-0.4, -0.2) is 6.61 Å². The van der Waals surface area contributed by atoms with Gasteiger partial charge in [0.05, 0.1) is 0 Å². The highest BCUT2D eigenvalue weighted by molar-refractivity contribution is 5.85. The topological polar surface area (TPSA) is 9.23 Å². The van der Waals surface area contributed by atoms with E-state index < -0.39 is 12.4 Å². The first-order chi connectivity index (χ1) is 14.0. The lowest BCUT2D eigenvalue weighted by atomic mass is 9.63. The standard InChI is InChI=1S/C25H31F3O/c1-2-3-4-16-5-6-18-14-19(8-7-17(18)13-16)20-9-11-22-21(15-20)10-12-23(24(22)26)29-25(27)28/h9-12,15-19,25H,2-8,13-14H2,1H3. The van der Waals surface area contributed by atoms with Crippen molar-refractivity contribution in [2.24, 2.45) is 17.8 Å². The fraction of sp³-hybridized carbons (Fsp3) is 0.600. The maximum Gasteiger partial charge on any atom is 0.387 e. The molecule has 0 heterocycles. The molecule has 4 unspecified atom stereocenters. The van der Waals surface area contributed by atoms with Gasteiger partial charge in [-0.3, -0.25) is 0 Å². The summed E-state index contributed by atoms with van der Waals surface area (Å²) in [5.74, 6) is 2.06. The van der Waals surface area contributed by atoms with Crippen molar-refractivity contribution >= 4 is 10.8 Å². The lowest BCUT2D eigenvalue weighted by Gasteiger charge is -2.42. The highest BCUT2D eigenvalue weighted by atomic mass is 19.3. The van der Waals surface area contributed by atoms with Gasteiger partial charge < -0.3 is 4.74 Å². The smallest absolute Gasteiger partial charge is 0.387 e. The van der Waals surface area contributed by atoms with Gasteiger partial charge in [-0.2, -0.15) is 8.78 Å². The second-order valence-electron chi connectivity index (χ2n) is 9.09. The van der Waals surface area contributed by atoms with Crippen LogP contribution in [0.5, 0.6) is 5.75 Å². The third-order valence-electron chi connectivity index (χ3n) is 7.32. The minimum atomic E-state index is -3.02. The molecule has 4 heteroatoms. The van der Waals surface area contributed by atoms with Crippen LogP contribution >= 0.6 is 0 Å². The van der Waals surface area contributed by atoms with Gasteiger partial charge in [-0.25, -0.2) is 4.39 Å². The van der Waals surface area contributed by atoms with Crippen molar-refractivity contribution in [3.8, 4) is 5.75 Å². The van der Waals surface area contributed by atoms with Crippen molar-refractivity contribution in [1.82, 2.24) is 0 Å². The summed E-state index contributed by atoms with van der Waals surface area (Å²) >= 11 is 0. The number of hydrogen-bond acceptors (Lipinski definition) is 1. The molecule has 0 saturated heterocycles. The molecule has 1 nitrogen and oxygen atoms in total. The van der Waals surface area contributed by atoms with E-state index in [1.165, 1.54) is 69.4 Å². The van der Waals surface area contributed by atoms with E-state index in [0.717, 1.165) is 23.1 Å². The number of hydrogen-bond donors (Lipinski definition) is 0. The van der Waals surface area contributed by atoms with Crippen LogP contribution in [-0.2, 0) is 0 Å². The molecule has 0 radical (unpaired) electrons. The second kappa shape index (κ2) is 8.97. The normalized spacial score (nSPS) is 27.2. The first-order valence-electron chi connectivity index (χ1n) is 11.2. The Morgan fingerprint density at radius 1 is 1.00 bits per heavy atom. The minimum absolute atomic E-state index is 0.344. The Bertz CT molecular complexity index is 834. The summed E-state index contributed by atoms with van der Waals surface area (Å²) in [4.78, 5) is 0. The van der Waals surface area contributed by atoms with E-state index in [0.29, 0.717) is 11.3 Å². The first-order valence-corrected chi connectivity index (χ1v) is 11.2. The van der Waals surface area contributed by atoms with Gasteiger partial charge in [-0.05, 0) is 72.8 Å². The fourth-order valence-electron chi connectivity index (χ4n) is 5.78. The molecule has 0 bridgehead atoms. The highest BCUT2D eigenvalue weighted by Crippen LogP contribution is 2.48. The van der Waals surface area contributed by atoms with Crippen molar-refractivity contribution in [2.75, 3.05) is 0 Å². The predicted molar refractivity (Wildman–Crippen MR) is 111 cm³/mol. The summed E-state index contributed by atoms with van der Waals surface area (Å²) in [5, 5.41) is 1.10. The summed E-state index contributed by atoms with van der Waals surface area (Å²) in [6.07, 6.45) is 11.9. The van der Waals surface area contributed by atoms with Crippen LogP contribution in [0.2, 0.25) is 0 Å². The molecule has 2 fully saturated rings. The van der Waals surface area contributed by atoms with Crippen molar-refractivity contribution in [3.63, 3.8) is 0 Å². The van der Waals surface area contributed by atoms with Crippen LogP contribution in [0.15, 0.2) is 30.3 Å². The number of unbranched alkanes of at least 4 members (excludes halogenated alkanes) is 1. The van der Waals surface area contributed by atoms with Crippen LogP contribution in [0.4, 0.5) is 13.2 Å². The molecule has 4 rings (SSSR count). The third kappa shape index (κ3) is 4.57. The summed E-state index contributed by atoms with van der Waals surface area (Å²) in [6, 6.07) is 8.75. The maximum atomic E-state index is 14.5. The lowest BCUT2D eigenvalue weighted by molar-refractivity contribution is -0.0520. The molecule has 158 valence electrons. The molecule has 2 aromatic rings. The monoisotopic (exact) mass is 404 g/mol. The first kappa shape index (κ1) is 20.6. The van der Waals surface area contributed by atoms with Crippen molar-refractivity contribution in [2.45, 2.75) is 77.2 Å². The predicted octanol–water partition coefficient (Wildman–Crippen LogP) is 8.07. The summed E-state index contributed by atoms with van der Waals surface area (Å²) in [6.45, 7) is -0.743. The zero-order valence-electron chi connectivity index (χ0n) is 17.2. The average Bonchev–Trinajstić information content (AvgIpc) is 2.73. The maximum absolute atomic E-state index is 14.5. The molecule has 4 atom stereocenters. The van der Waals surface area contributed by atoms with E-state index in [9.17, 15) is 13.2 Å². The molecule has 0 aliphatic heterocycles. The largest absolute Gasteiger partial charge is 0.432 e. The van der Waals surface area contributed by atoms with Gasteiger partial charge in [0.2, 0.25) is 0 Å². The van der Waals surface area contributed by atoms with E-state index in [4.69, 9.17) is 0 Å². The summed E-state index contributed by atoms with van der Waals surface area (Å²) in [7, 11) is 0. The average molecular weight is 405 g/mol. The van der Waals surface area contributed by atoms with Crippen LogP contribution in [0.1, 0.15) is 76.2 Å². The van der Waals surface area contributed by atoms with Gasteiger partial charge in [-0.15, -0.1) is 0 Å². The van der Waals surface area contributed by atoms with E-state index in [2.05, 4.69) is 11.7 Å². The van der Waals surface area contributed by atoms with Crippen molar-refractivity contribution in [1.29, 1.82) is 0 Å². The molecule has 2 aliphatic rings. The van der Waals surface area contributed by atoms with Crippen molar-refractivity contribution < 1.29 is 17.9 Å². The van der Waals surface area contributed by atoms with Gasteiger partial charge in [0.15, 0.2) is 11.6 Å². The lowest BCUT2D eigenvalue weighted by Crippen LogP contribution is -2.30. The molecule has 0 amide bonds. The number of rotatable bonds is 6. The van der Waals surface area contributed by atoms with Crippen LogP contribution in [0, 0.1) is 23.6 Å². The summed E-state index contributed by atoms with van der Waals surface area (Å²) in [5.41, 5.74) is 1.26. The van der Waals surface area contributed by atoms with Crippen LogP contribution in [0.25, 0.3) is 10.8 Å². The SMILES string of the molecule is CCCCC1CCC2CC(c3ccc4c(F)c(OC(F)F)ccc4c3)CCC2C1. The molecule has 2 saturated carbocycles. The molecule has 0 aromatic heterocycles. The molecule has 0 N–H and O–H groups in total. The van der Waals surface area contributed by atoms with E-state index >= 15 is 0 Å². The highest BCUT2D eigenvalue weighted by Gasteiger charge is 2.35. The number of ether oxygens (including phenoxy) is 1. The van der Waals surface area contributed by atoms with Crippen molar-refractivity contribution in [3.05, 3.63) is 41.7 Å². The Kier molecular flexibility index (Phi) is 6.36. The Labute approximate surface area is 171 Å². The number of benzene rings is 2. The van der Waals surface area contributed by atoms with Gasteiger partial charge in [0, 0.05) is 5.39 Å². The number of fused-ring (bicyclic) bond motifs is 2. The van der Waals surface area contributed by atoms with Gasteiger partial charge >= 0.3 is 6.61 Å². The van der Waals surface area contributed by atoms with Crippen LogP contribution < -0.4 is 4.74 Å². The molecule has 2 aliphatic carbocycles. The van der Waals surface area contributed by atoms with Crippen LogP contribution in [0.3, 0.4) is 0 Å². The number of alkyl halides is 2. The molecule has 2 aromatic carbocycles. The Balaban J connectivity index is 1.46. The van der Waals surface area contributed by atoms with E-state index in [-0.39, 0.29) is 5.75 Å². The molecular formula is C25H31F3O. The Morgan fingerprint density at radius 3 is 2.59 bits per heavy atom. The van der Waals surface area contributed by atoms with Gasteiger partial charge in [0.25, 0.3) is 0 Å². The zero-order chi connectivity index (χ0) is 20.4. The van der Waals surface area contributed by atoms with E-state index in [1.807, 2.05) is 12.1 Å². The number of halogens is 3. The molecule has 29 heavy (non-hydrogen) atoms. The van der Waals surface area contributed by atoms with E-state index in [1.54, 1.807) is 12.1 Å². The Morgan fingerprint density at radius 2 is 1.79 bits per heavy atom. The third-order valence-corrected chi connectivity index (χ3v) is 7.32. The fourth-order valence-corrected chi connectivity index (χ4v) is 5.78. The quantitative estimate of drug-likeness (QED) is 0.473. The molecule has 0 spiro atoms.